The highest BCUT2D eigenvalue weighted by Crippen LogP contribution is 2.17. The zero-order chi connectivity index (χ0) is 15.8. The molecular weight excluding hydrogens is 292 g/mol. The predicted molar refractivity (Wildman–Crippen MR) is 83.8 cm³/mol. The monoisotopic (exact) mass is 318 g/mol. The lowest BCUT2D eigenvalue weighted by molar-refractivity contribution is -0.143. The Hall–Kier alpha value is -0.650. The summed E-state index contributed by atoms with van der Waals surface area (Å²) in [5, 5.41) is 8.61. The van der Waals surface area contributed by atoms with Crippen molar-refractivity contribution in [3.8, 4) is 0 Å². The van der Waals surface area contributed by atoms with Gasteiger partial charge >= 0.3 is 5.97 Å². The van der Waals surface area contributed by atoms with Crippen LogP contribution in [0, 0.1) is 11.8 Å². The van der Waals surface area contributed by atoms with Crippen LogP contribution < -0.4 is 0 Å². The number of ketones is 1. The molecule has 2 fully saturated rings. The van der Waals surface area contributed by atoms with Crippen LogP contribution in [0.25, 0.3) is 0 Å². The number of carboxylic acid groups (broad SMARTS) is 1. The zero-order valence-electron chi connectivity index (χ0n) is 13.1. The third kappa shape index (κ3) is 6.76. The zero-order valence-corrected chi connectivity index (χ0v) is 13.8. The van der Waals surface area contributed by atoms with Crippen molar-refractivity contribution in [2.24, 2.45) is 11.8 Å². The van der Waals surface area contributed by atoms with Crippen LogP contribution in [-0.2, 0) is 9.59 Å². The van der Waals surface area contributed by atoms with Gasteiger partial charge in [0.2, 0.25) is 0 Å². The molecule has 0 unspecified atom stereocenters. The van der Waals surface area contributed by atoms with Crippen LogP contribution in [0.1, 0.15) is 25.7 Å². The van der Waals surface area contributed by atoms with Gasteiger partial charge in [0, 0.05) is 5.92 Å². The molecule has 2 aliphatic heterocycles. The summed E-state index contributed by atoms with van der Waals surface area (Å²) in [6.07, 6.45) is 3.60. The molecule has 122 valence electrons. The summed E-state index contributed by atoms with van der Waals surface area (Å²) in [6.45, 7) is 3.93. The average Bonchev–Trinajstić information content (AvgIpc) is 2.48. The van der Waals surface area contributed by atoms with E-state index < -0.39 is 5.97 Å². The SMILES string of the molecule is CN1CCC(C(=O)CCl)CC1.CN1CCC(C(=O)O)CC1. The average molecular weight is 319 g/mol. The lowest BCUT2D eigenvalue weighted by Crippen LogP contribution is -2.33. The van der Waals surface area contributed by atoms with Crippen LogP contribution in [0.5, 0.6) is 0 Å². The number of rotatable bonds is 3. The van der Waals surface area contributed by atoms with Crippen molar-refractivity contribution in [1.29, 1.82) is 0 Å². The van der Waals surface area contributed by atoms with Gasteiger partial charge in [-0.15, -0.1) is 11.6 Å². The smallest absolute Gasteiger partial charge is 0.306 e. The summed E-state index contributed by atoms with van der Waals surface area (Å²) in [5.74, 6) is -0.0678. The Bertz CT molecular complexity index is 336. The second-order valence-electron chi connectivity index (χ2n) is 6.09. The minimum absolute atomic E-state index is 0.0869. The highest BCUT2D eigenvalue weighted by Gasteiger charge is 2.22. The van der Waals surface area contributed by atoms with Gasteiger partial charge < -0.3 is 14.9 Å². The van der Waals surface area contributed by atoms with Crippen LogP contribution >= 0.6 is 11.6 Å². The number of carboxylic acids is 1. The molecule has 0 spiro atoms. The molecule has 0 aromatic heterocycles. The summed E-state index contributed by atoms with van der Waals surface area (Å²) in [5.41, 5.74) is 0. The van der Waals surface area contributed by atoms with E-state index in [0.717, 1.165) is 51.9 Å². The first kappa shape index (κ1) is 18.4. The lowest BCUT2D eigenvalue weighted by Gasteiger charge is -2.27. The Morgan fingerprint density at radius 2 is 1.33 bits per heavy atom. The number of Topliss-reactive ketones (excluding diaryl/α,β-unsaturated/α-hetero) is 1. The fraction of sp³-hybridized carbons (Fsp3) is 0.867. The normalized spacial score (nSPS) is 22.4. The molecule has 2 rings (SSSR count). The van der Waals surface area contributed by atoms with E-state index >= 15 is 0 Å². The second kappa shape index (κ2) is 9.38. The number of halogens is 1. The van der Waals surface area contributed by atoms with Crippen molar-refractivity contribution < 1.29 is 14.7 Å². The highest BCUT2D eigenvalue weighted by molar-refractivity contribution is 6.27. The summed E-state index contributed by atoms with van der Waals surface area (Å²) in [4.78, 5) is 26.0. The standard InChI is InChI=1S/C8H14ClNO.C7H13NO2/c1-10-4-2-7(3-5-10)8(11)6-9;1-8-4-2-6(3-5-8)7(9)10/h7H,2-6H2,1H3;6H,2-5H2,1H3,(H,9,10). The Morgan fingerprint density at radius 1 is 0.952 bits per heavy atom. The van der Waals surface area contributed by atoms with E-state index in [9.17, 15) is 9.59 Å². The molecule has 0 amide bonds. The van der Waals surface area contributed by atoms with Crippen molar-refractivity contribution in [2.75, 3.05) is 46.2 Å². The van der Waals surface area contributed by atoms with E-state index in [1.54, 1.807) is 0 Å². The van der Waals surface area contributed by atoms with Crippen LogP contribution in [0.15, 0.2) is 0 Å². The summed E-state index contributed by atoms with van der Waals surface area (Å²) < 4.78 is 0. The van der Waals surface area contributed by atoms with Gasteiger partial charge in [-0.1, -0.05) is 0 Å². The van der Waals surface area contributed by atoms with Crippen molar-refractivity contribution in [2.45, 2.75) is 25.7 Å². The second-order valence-corrected chi connectivity index (χ2v) is 6.36. The largest absolute Gasteiger partial charge is 0.481 e. The van der Waals surface area contributed by atoms with E-state index in [-0.39, 0.29) is 23.5 Å². The molecule has 0 aromatic carbocycles. The number of piperidine rings is 2. The summed E-state index contributed by atoms with van der Waals surface area (Å²) >= 11 is 5.46. The van der Waals surface area contributed by atoms with Crippen LogP contribution in [0.4, 0.5) is 0 Å². The molecule has 0 saturated carbocycles. The first-order valence-electron chi connectivity index (χ1n) is 7.62. The number of carbonyl (C=O) groups excluding carboxylic acids is 1. The fourth-order valence-corrected chi connectivity index (χ4v) is 2.91. The molecule has 2 heterocycles. The Kier molecular flexibility index (Phi) is 8.22. The molecule has 0 atom stereocenters. The maximum Gasteiger partial charge on any atom is 0.306 e. The van der Waals surface area contributed by atoms with Crippen molar-refractivity contribution in [3.63, 3.8) is 0 Å². The Labute approximate surface area is 132 Å². The number of alkyl halides is 1. The maximum atomic E-state index is 11.1. The quantitative estimate of drug-likeness (QED) is 0.800. The summed E-state index contributed by atoms with van der Waals surface area (Å²) in [6, 6.07) is 0. The van der Waals surface area contributed by atoms with Gasteiger partial charge in [0.15, 0.2) is 5.78 Å². The van der Waals surface area contributed by atoms with E-state index in [2.05, 4.69) is 16.8 Å². The lowest BCUT2D eigenvalue weighted by atomic mass is 9.94. The van der Waals surface area contributed by atoms with Gasteiger partial charge in [-0.25, -0.2) is 0 Å². The molecule has 0 aliphatic carbocycles. The molecule has 0 aromatic rings. The minimum Gasteiger partial charge on any atom is -0.481 e. The van der Waals surface area contributed by atoms with Gasteiger partial charge in [0.1, 0.15) is 0 Å². The van der Waals surface area contributed by atoms with E-state index in [1.807, 2.05) is 7.05 Å². The number of likely N-dealkylation sites (tertiary alicyclic amines) is 2. The van der Waals surface area contributed by atoms with Gasteiger partial charge in [-0.3, -0.25) is 9.59 Å². The van der Waals surface area contributed by atoms with Gasteiger partial charge in [-0.2, -0.15) is 0 Å². The first-order valence-corrected chi connectivity index (χ1v) is 8.16. The number of aliphatic carboxylic acids is 1. The maximum absolute atomic E-state index is 11.1. The minimum atomic E-state index is -0.631. The molecule has 1 N–H and O–H groups in total. The molecule has 2 saturated heterocycles. The highest BCUT2D eigenvalue weighted by atomic mass is 35.5. The Morgan fingerprint density at radius 3 is 1.67 bits per heavy atom. The third-order valence-corrected chi connectivity index (χ3v) is 4.64. The van der Waals surface area contributed by atoms with Gasteiger partial charge in [-0.05, 0) is 66.0 Å². The molecule has 0 bridgehead atoms. The number of nitrogens with zero attached hydrogens (tertiary/aromatic N) is 2. The summed E-state index contributed by atoms with van der Waals surface area (Å²) in [7, 11) is 4.11. The number of hydrogen-bond donors (Lipinski definition) is 1. The van der Waals surface area contributed by atoms with E-state index in [4.69, 9.17) is 16.7 Å². The van der Waals surface area contributed by atoms with Crippen molar-refractivity contribution >= 4 is 23.4 Å². The van der Waals surface area contributed by atoms with E-state index in [0.29, 0.717) is 0 Å². The van der Waals surface area contributed by atoms with Crippen LogP contribution in [0.3, 0.4) is 0 Å². The van der Waals surface area contributed by atoms with Crippen molar-refractivity contribution in [3.05, 3.63) is 0 Å². The van der Waals surface area contributed by atoms with E-state index in [1.165, 1.54) is 0 Å². The predicted octanol–water partition coefficient (Wildman–Crippen LogP) is 1.55. The van der Waals surface area contributed by atoms with Gasteiger partial charge in [0.05, 0.1) is 11.8 Å². The number of carbonyl (C=O) groups is 2. The Balaban J connectivity index is 0.000000211. The van der Waals surface area contributed by atoms with Crippen LogP contribution in [-0.4, -0.2) is 72.8 Å². The first-order chi connectivity index (χ1) is 9.93. The van der Waals surface area contributed by atoms with Crippen molar-refractivity contribution in [1.82, 2.24) is 9.80 Å². The number of hydrogen-bond acceptors (Lipinski definition) is 4. The fourth-order valence-electron chi connectivity index (χ4n) is 2.70. The third-order valence-electron chi connectivity index (χ3n) is 4.37. The molecule has 21 heavy (non-hydrogen) atoms. The molecule has 2 aliphatic rings. The topological polar surface area (TPSA) is 60.9 Å². The van der Waals surface area contributed by atoms with Gasteiger partial charge in [0.25, 0.3) is 0 Å². The van der Waals surface area contributed by atoms with Crippen LogP contribution in [0.2, 0.25) is 0 Å². The molecule has 6 heteroatoms. The molecule has 5 nitrogen and oxygen atoms in total. The molecular formula is C15H27ClN2O3. The molecule has 0 radical (unpaired) electrons.